The lowest BCUT2D eigenvalue weighted by Gasteiger charge is -2.08. The lowest BCUT2D eigenvalue weighted by Crippen LogP contribution is -2.02. The SMILES string of the molecule is Cc1nc(C)n(-c2cccc(Cl)c2/C=C/C(=O)O)n1. The molecule has 1 N–H and O–H groups in total. The fourth-order valence-corrected chi connectivity index (χ4v) is 2.01. The van der Waals surface area contributed by atoms with Gasteiger partial charge in [0.15, 0.2) is 0 Å². The molecule has 0 saturated heterocycles. The quantitative estimate of drug-likeness (QED) is 0.876. The Labute approximate surface area is 115 Å². The Kier molecular flexibility index (Phi) is 3.66. The fraction of sp³-hybridized carbons (Fsp3) is 0.154. The van der Waals surface area contributed by atoms with Gasteiger partial charge < -0.3 is 5.11 Å². The van der Waals surface area contributed by atoms with E-state index in [9.17, 15) is 4.79 Å². The minimum Gasteiger partial charge on any atom is -0.478 e. The lowest BCUT2D eigenvalue weighted by molar-refractivity contribution is -0.131. The van der Waals surface area contributed by atoms with Crippen LogP contribution in [0.3, 0.4) is 0 Å². The first-order chi connectivity index (χ1) is 8.99. The Balaban J connectivity index is 2.60. The Hall–Kier alpha value is -2.14. The summed E-state index contributed by atoms with van der Waals surface area (Å²) in [4.78, 5) is 14.9. The number of aryl methyl sites for hydroxylation is 2. The molecule has 6 heteroatoms. The largest absolute Gasteiger partial charge is 0.478 e. The van der Waals surface area contributed by atoms with Gasteiger partial charge in [0.05, 0.1) is 5.69 Å². The number of carboxylic acid groups (broad SMARTS) is 1. The van der Waals surface area contributed by atoms with E-state index in [-0.39, 0.29) is 0 Å². The van der Waals surface area contributed by atoms with Crippen LogP contribution < -0.4 is 0 Å². The molecule has 5 nitrogen and oxygen atoms in total. The molecule has 0 bridgehead atoms. The second-order valence-corrected chi connectivity index (χ2v) is 4.37. The molecular weight excluding hydrogens is 266 g/mol. The molecule has 1 heterocycles. The van der Waals surface area contributed by atoms with Gasteiger partial charge in [-0.15, -0.1) is 0 Å². The monoisotopic (exact) mass is 277 g/mol. The molecule has 98 valence electrons. The highest BCUT2D eigenvalue weighted by molar-refractivity contribution is 6.32. The van der Waals surface area contributed by atoms with Crippen molar-refractivity contribution in [2.45, 2.75) is 13.8 Å². The first-order valence-corrected chi connectivity index (χ1v) is 5.97. The summed E-state index contributed by atoms with van der Waals surface area (Å²) < 4.78 is 1.64. The number of aliphatic carboxylic acids is 1. The molecule has 2 aromatic rings. The van der Waals surface area contributed by atoms with Gasteiger partial charge in [-0.1, -0.05) is 17.7 Å². The van der Waals surface area contributed by atoms with E-state index in [4.69, 9.17) is 16.7 Å². The number of carboxylic acids is 1. The van der Waals surface area contributed by atoms with E-state index in [0.29, 0.717) is 27.9 Å². The number of nitrogens with zero attached hydrogens (tertiary/aromatic N) is 3. The maximum atomic E-state index is 10.6. The van der Waals surface area contributed by atoms with Crippen molar-refractivity contribution in [1.82, 2.24) is 14.8 Å². The van der Waals surface area contributed by atoms with Gasteiger partial charge >= 0.3 is 5.97 Å². The maximum absolute atomic E-state index is 10.6. The van der Waals surface area contributed by atoms with E-state index in [0.717, 1.165) is 6.08 Å². The summed E-state index contributed by atoms with van der Waals surface area (Å²) in [5.74, 6) is 0.327. The zero-order valence-corrected chi connectivity index (χ0v) is 11.2. The normalized spacial score (nSPS) is 11.1. The van der Waals surface area contributed by atoms with Gasteiger partial charge in [0.1, 0.15) is 11.6 Å². The molecule has 0 aliphatic heterocycles. The molecule has 0 amide bonds. The molecule has 0 saturated carbocycles. The number of rotatable bonds is 3. The molecule has 19 heavy (non-hydrogen) atoms. The molecule has 0 aliphatic carbocycles. The number of benzene rings is 1. The van der Waals surface area contributed by atoms with E-state index in [1.807, 2.05) is 13.0 Å². The predicted octanol–water partition coefficient (Wildman–Crippen LogP) is 2.64. The average Bonchev–Trinajstić information content (AvgIpc) is 2.66. The lowest BCUT2D eigenvalue weighted by atomic mass is 10.1. The third-order valence-corrected chi connectivity index (χ3v) is 2.86. The van der Waals surface area contributed by atoms with E-state index >= 15 is 0 Å². The van der Waals surface area contributed by atoms with Crippen LogP contribution in [0.2, 0.25) is 5.02 Å². The summed E-state index contributed by atoms with van der Waals surface area (Å²) in [5.41, 5.74) is 1.29. The highest BCUT2D eigenvalue weighted by Crippen LogP contribution is 2.25. The number of hydrogen-bond acceptors (Lipinski definition) is 3. The number of hydrogen-bond donors (Lipinski definition) is 1. The summed E-state index contributed by atoms with van der Waals surface area (Å²) in [6, 6.07) is 5.30. The number of carbonyl (C=O) groups is 1. The smallest absolute Gasteiger partial charge is 0.328 e. The molecule has 0 fully saturated rings. The molecule has 0 atom stereocenters. The van der Waals surface area contributed by atoms with Gasteiger partial charge in [-0.2, -0.15) is 5.10 Å². The van der Waals surface area contributed by atoms with E-state index in [1.54, 1.807) is 23.7 Å². The maximum Gasteiger partial charge on any atom is 0.328 e. The summed E-state index contributed by atoms with van der Waals surface area (Å²) in [6.07, 6.45) is 2.50. The topological polar surface area (TPSA) is 68.0 Å². The standard InChI is InChI=1S/C13H12ClN3O2/c1-8-15-9(2)17(16-8)12-5-3-4-11(14)10(12)6-7-13(18)19/h3-7H,1-2H3,(H,18,19)/b7-6+. The summed E-state index contributed by atoms with van der Waals surface area (Å²) in [7, 11) is 0. The van der Waals surface area contributed by atoms with Crippen molar-refractivity contribution in [3.05, 3.63) is 46.5 Å². The second-order valence-electron chi connectivity index (χ2n) is 3.96. The molecule has 2 rings (SSSR count). The van der Waals surface area contributed by atoms with Crippen molar-refractivity contribution in [2.75, 3.05) is 0 Å². The van der Waals surface area contributed by atoms with Gasteiger partial charge in [-0.3, -0.25) is 0 Å². The molecule has 1 aromatic carbocycles. The highest BCUT2D eigenvalue weighted by Gasteiger charge is 2.11. The van der Waals surface area contributed by atoms with Gasteiger partial charge in [0, 0.05) is 16.7 Å². The van der Waals surface area contributed by atoms with Crippen molar-refractivity contribution in [3.8, 4) is 5.69 Å². The number of halogens is 1. The van der Waals surface area contributed by atoms with Crippen LogP contribution in [-0.4, -0.2) is 25.8 Å². The zero-order valence-electron chi connectivity index (χ0n) is 10.5. The summed E-state index contributed by atoms with van der Waals surface area (Å²) >= 11 is 6.12. The zero-order chi connectivity index (χ0) is 14.0. The van der Waals surface area contributed by atoms with E-state index < -0.39 is 5.97 Å². The molecule has 0 radical (unpaired) electrons. The Morgan fingerprint density at radius 2 is 2.16 bits per heavy atom. The van der Waals surface area contributed by atoms with Crippen LogP contribution in [0.15, 0.2) is 24.3 Å². The van der Waals surface area contributed by atoms with Crippen molar-refractivity contribution in [3.63, 3.8) is 0 Å². The first kappa shape index (κ1) is 13.3. The van der Waals surface area contributed by atoms with Crippen LogP contribution in [0.5, 0.6) is 0 Å². The number of aromatic nitrogens is 3. The molecule has 0 aliphatic rings. The van der Waals surface area contributed by atoms with Gasteiger partial charge in [-0.25, -0.2) is 14.5 Å². The van der Waals surface area contributed by atoms with Crippen LogP contribution in [0.25, 0.3) is 11.8 Å². The van der Waals surface area contributed by atoms with E-state index in [1.165, 1.54) is 6.08 Å². The molecule has 1 aromatic heterocycles. The van der Waals surface area contributed by atoms with Crippen LogP contribution in [-0.2, 0) is 4.79 Å². The Morgan fingerprint density at radius 3 is 2.74 bits per heavy atom. The molecule has 0 unspecified atom stereocenters. The third-order valence-electron chi connectivity index (χ3n) is 2.53. The van der Waals surface area contributed by atoms with Crippen molar-refractivity contribution < 1.29 is 9.90 Å². The van der Waals surface area contributed by atoms with Crippen molar-refractivity contribution in [1.29, 1.82) is 0 Å². The predicted molar refractivity (Wildman–Crippen MR) is 72.5 cm³/mol. The van der Waals surface area contributed by atoms with Gasteiger partial charge in [0.2, 0.25) is 0 Å². The van der Waals surface area contributed by atoms with Crippen LogP contribution >= 0.6 is 11.6 Å². The van der Waals surface area contributed by atoms with Crippen molar-refractivity contribution in [2.24, 2.45) is 0 Å². The minimum absolute atomic E-state index is 0.461. The van der Waals surface area contributed by atoms with Crippen LogP contribution in [0, 0.1) is 13.8 Å². The van der Waals surface area contributed by atoms with Crippen LogP contribution in [0.1, 0.15) is 17.2 Å². The van der Waals surface area contributed by atoms with Gasteiger partial charge in [0.25, 0.3) is 0 Å². The Morgan fingerprint density at radius 1 is 1.42 bits per heavy atom. The van der Waals surface area contributed by atoms with Crippen molar-refractivity contribution >= 4 is 23.6 Å². The highest BCUT2D eigenvalue weighted by atomic mass is 35.5. The second kappa shape index (κ2) is 5.24. The summed E-state index contributed by atoms with van der Waals surface area (Å²) in [6.45, 7) is 3.62. The fourth-order valence-electron chi connectivity index (χ4n) is 1.78. The van der Waals surface area contributed by atoms with E-state index in [2.05, 4.69) is 10.1 Å². The third kappa shape index (κ3) is 2.82. The molecule has 0 spiro atoms. The van der Waals surface area contributed by atoms with Crippen LogP contribution in [0.4, 0.5) is 0 Å². The Bertz CT molecular complexity index is 662. The molecular formula is C13H12ClN3O2. The first-order valence-electron chi connectivity index (χ1n) is 5.59. The summed E-state index contributed by atoms with van der Waals surface area (Å²) in [5, 5.41) is 13.5. The minimum atomic E-state index is -1.03. The average molecular weight is 278 g/mol. The van der Waals surface area contributed by atoms with Gasteiger partial charge in [-0.05, 0) is 32.1 Å².